The zero-order valence-corrected chi connectivity index (χ0v) is 12.6. The number of nitrogens with two attached hydrogens (primary N) is 1. The largest absolute Gasteiger partial charge is 0.398 e. The molecule has 1 aromatic rings. The molecule has 0 bridgehead atoms. The van der Waals surface area contributed by atoms with E-state index >= 15 is 0 Å². The monoisotopic (exact) mass is 318 g/mol. The summed E-state index contributed by atoms with van der Waals surface area (Å²) in [4.78, 5) is 0.0421. The summed E-state index contributed by atoms with van der Waals surface area (Å²) in [6.45, 7) is 0.436. The maximum atomic E-state index is 12.2. The van der Waals surface area contributed by atoms with Gasteiger partial charge in [0.2, 0.25) is 10.0 Å². The number of hydrogen-bond acceptors (Lipinski definition) is 4. The van der Waals surface area contributed by atoms with E-state index in [0.29, 0.717) is 11.6 Å². The maximum absolute atomic E-state index is 12.2. The minimum absolute atomic E-state index is 0.0421. The van der Waals surface area contributed by atoms with E-state index in [-0.39, 0.29) is 29.0 Å². The Morgan fingerprint density at radius 3 is 2.70 bits per heavy atom. The van der Waals surface area contributed by atoms with Crippen molar-refractivity contribution in [1.29, 1.82) is 0 Å². The van der Waals surface area contributed by atoms with Gasteiger partial charge in [0, 0.05) is 18.2 Å². The van der Waals surface area contributed by atoms with Crippen LogP contribution in [0.2, 0.25) is 5.02 Å². The first-order valence-electron chi connectivity index (χ1n) is 6.59. The number of anilines is 1. The van der Waals surface area contributed by atoms with Crippen LogP contribution in [-0.4, -0.2) is 26.7 Å². The van der Waals surface area contributed by atoms with E-state index in [1.807, 2.05) is 0 Å². The van der Waals surface area contributed by atoms with Gasteiger partial charge >= 0.3 is 0 Å². The molecule has 4 N–H and O–H groups in total. The Hall–Kier alpha value is -0.820. The van der Waals surface area contributed by atoms with Crippen molar-refractivity contribution < 1.29 is 13.5 Å². The van der Waals surface area contributed by atoms with Crippen LogP contribution in [0, 0.1) is 11.8 Å². The minimum Gasteiger partial charge on any atom is -0.398 e. The lowest BCUT2D eigenvalue weighted by molar-refractivity contribution is 0.195. The Morgan fingerprint density at radius 2 is 2.05 bits per heavy atom. The number of nitrogen functional groups attached to an aromatic ring is 1. The van der Waals surface area contributed by atoms with Crippen LogP contribution in [-0.2, 0) is 10.0 Å². The third-order valence-electron chi connectivity index (χ3n) is 3.85. The molecule has 0 aromatic heterocycles. The summed E-state index contributed by atoms with van der Waals surface area (Å²) in [5.41, 5.74) is 5.84. The highest BCUT2D eigenvalue weighted by Gasteiger charge is 2.28. The molecule has 0 radical (unpaired) electrons. The number of aliphatic hydroxyl groups excluding tert-OH is 1. The molecule has 2 atom stereocenters. The smallest absolute Gasteiger partial charge is 0.242 e. The van der Waals surface area contributed by atoms with E-state index in [1.54, 1.807) is 0 Å². The molecule has 0 saturated heterocycles. The number of aliphatic hydroxyl groups is 1. The lowest BCUT2D eigenvalue weighted by Gasteiger charge is -2.18. The first-order valence-corrected chi connectivity index (χ1v) is 8.45. The molecule has 1 fully saturated rings. The van der Waals surface area contributed by atoms with Gasteiger partial charge < -0.3 is 10.8 Å². The average molecular weight is 319 g/mol. The first-order chi connectivity index (χ1) is 9.44. The summed E-state index contributed by atoms with van der Waals surface area (Å²) in [6.07, 6.45) is 2.91. The second-order valence-corrected chi connectivity index (χ2v) is 7.34. The van der Waals surface area contributed by atoms with Gasteiger partial charge in [0.15, 0.2) is 0 Å². The molecule has 0 aliphatic heterocycles. The van der Waals surface area contributed by atoms with Gasteiger partial charge in [-0.3, -0.25) is 0 Å². The Morgan fingerprint density at radius 1 is 1.35 bits per heavy atom. The van der Waals surface area contributed by atoms with Crippen LogP contribution in [0.4, 0.5) is 5.69 Å². The third kappa shape index (κ3) is 3.44. The first kappa shape index (κ1) is 15.6. The van der Waals surface area contributed by atoms with Gasteiger partial charge in [-0.1, -0.05) is 18.0 Å². The van der Waals surface area contributed by atoms with E-state index in [4.69, 9.17) is 17.3 Å². The van der Waals surface area contributed by atoms with Crippen molar-refractivity contribution in [3.05, 3.63) is 23.2 Å². The predicted molar refractivity (Wildman–Crippen MR) is 79.0 cm³/mol. The van der Waals surface area contributed by atoms with Gasteiger partial charge in [-0.2, -0.15) is 0 Å². The van der Waals surface area contributed by atoms with E-state index in [0.717, 1.165) is 19.3 Å². The van der Waals surface area contributed by atoms with Crippen LogP contribution in [0.1, 0.15) is 19.3 Å². The fraction of sp³-hybridized carbons (Fsp3) is 0.538. The minimum atomic E-state index is -3.64. The van der Waals surface area contributed by atoms with Crippen LogP contribution in [0.5, 0.6) is 0 Å². The Bertz CT molecular complexity index is 577. The van der Waals surface area contributed by atoms with Gasteiger partial charge in [0.1, 0.15) is 4.90 Å². The molecule has 5 nitrogen and oxygen atoms in total. The molecular formula is C13H19ClN2O3S. The van der Waals surface area contributed by atoms with Crippen molar-refractivity contribution in [3.63, 3.8) is 0 Å². The lowest BCUT2D eigenvalue weighted by atomic mass is 9.97. The Labute approximate surface area is 124 Å². The third-order valence-corrected chi connectivity index (χ3v) is 5.58. The standard InChI is InChI=1S/C13H19ClN2O3S/c14-11-4-5-13(12(15)6-11)20(18,19)16-7-9-2-1-3-10(9)8-17/h4-6,9-10,16-17H,1-3,7-8,15H2. The molecule has 1 aliphatic rings. The Kier molecular flexibility index (Phi) is 4.90. The molecule has 2 rings (SSSR count). The summed E-state index contributed by atoms with van der Waals surface area (Å²) in [7, 11) is -3.64. The molecule has 0 heterocycles. The quantitative estimate of drug-likeness (QED) is 0.719. The van der Waals surface area contributed by atoms with Gasteiger partial charge in [0.25, 0.3) is 0 Å². The zero-order valence-electron chi connectivity index (χ0n) is 11.0. The van der Waals surface area contributed by atoms with Gasteiger partial charge in [-0.25, -0.2) is 13.1 Å². The zero-order chi connectivity index (χ0) is 14.8. The van der Waals surface area contributed by atoms with Crippen LogP contribution < -0.4 is 10.5 Å². The predicted octanol–water partition coefficient (Wildman–Crippen LogP) is 1.61. The SMILES string of the molecule is Nc1cc(Cl)ccc1S(=O)(=O)NCC1CCCC1CO. The van der Waals surface area contributed by atoms with Gasteiger partial charge in [-0.15, -0.1) is 0 Å². The van der Waals surface area contributed by atoms with Crippen molar-refractivity contribution in [1.82, 2.24) is 4.72 Å². The fourth-order valence-corrected chi connectivity index (χ4v) is 4.07. The van der Waals surface area contributed by atoms with Crippen LogP contribution in [0.3, 0.4) is 0 Å². The normalized spacial score (nSPS) is 23.1. The number of hydrogen-bond donors (Lipinski definition) is 3. The summed E-state index contributed by atoms with van der Waals surface area (Å²) < 4.78 is 27.0. The number of benzene rings is 1. The highest BCUT2D eigenvalue weighted by atomic mass is 35.5. The second-order valence-electron chi connectivity index (χ2n) is 5.17. The van der Waals surface area contributed by atoms with Gasteiger partial charge in [-0.05, 0) is 42.9 Å². The van der Waals surface area contributed by atoms with E-state index in [1.165, 1.54) is 18.2 Å². The number of halogens is 1. The van der Waals surface area contributed by atoms with E-state index in [2.05, 4.69) is 4.72 Å². The summed E-state index contributed by atoms with van der Waals surface area (Å²) in [5.74, 6) is 0.364. The molecule has 0 amide bonds. The summed E-state index contributed by atoms with van der Waals surface area (Å²) >= 11 is 5.76. The average Bonchev–Trinajstić information content (AvgIpc) is 2.83. The fourth-order valence-electron chi connectivity index (χ4n) is 2.68. The molecule has 112 valence electrons. The molecule has 2 unspecified atom stereocenters. The van der Waals surface area contributed by atoms with Crippen molar-refractivity contribution in [2.45, 2.75) is 24.2 Å². The molecule has 1 saturated carbocycles. The number of rotatable bonds is 5. The van der Waals surface area contributed by atoms with Crippen molar-refractivity contribution >= 4 is 27.3 Å². The van der Waals surface area contributed by atoms with Crippen molar-refractivity contribution in [2.24, 2.45) is 11.8 Å². The lowest BCUT2D eigenvalue weighted by Crippen LogP contribution is -2.32. The molecular weight excluding hydrogens is 300 g/mol. The van der Waals surface area contributed by atoms with E-state index < -0.39 is 10.0 Å². The molecule has 1 aromatic carbocycles. The number of nitrogens with one attached hydrogen (secondary N) is 1. The highest BCUT2D eigenvalue weighted by molar-refractivity contribution is 7.89. The molecule has 0 spiro atoms. The number of sulfonamides is 1. The second kappa shape index (κ2) is 6.30. The highest BCUT2D eigenvalue weighted by Crippen LogP contribution is 2.31. The van der Waals surface area contributed by atoms with Crippen LogP contribution in [0.15, 0.2) is 23.1 Å². The topological polar surface area (TPSA) is 92.4 Å². The summed E-state index contributed by atoms with van der Waals surface area (Å²) in [6, 6.07) is 4.32. The Balaban J connectivity index is 2.07. The van der Waals surface area contributed by atoms with Crippen molar-refractivity contribution in [3.8, 4) is 0 Å². The summed E-state index contributed by atoms with van der Waals surface area (Å²) in [5, 5.41) is 9.65. The molecule has 20 heavy (non-hydrogen) atoms. The van der Waals surface area contributed by atoms with Gasteiger partial charge in [0.05, 0.1) is 5.69 Å². The van der Waals surface area contributed by atoms with Crippen molar-refractivity contribution in [2.75, 3.05) is 18.9 Å². The molecule has 7 heteroatoms. The van der Waals surface area contributed by atoms with E-state index in [9.17, 15) is 13.5 Å². The van der Waals surface area contributed by atoms with Crippen LogP contribution >= 0.6 is 11.6 Å². The molecule has 1 aliphatic carbocycles. The van der Waals surface area contributed by atoms with Crippen LogP contribution in [0.25, 0.3) is 0 Å². The maximum Gasteiger partial charge on any atom is 0.242 e.